The number of aliphatic hydroxyl groups excluding tert-OH is 1. The number of ether oxygens (including phenoxy) is 1. The molecule has 0 amide bonds. The molecule has 0 aromatic carbocycles. The van der Waals surface area contributed by atoms with Crippen LogP contribution >= 0.6 is 0 Å². The third-order valence-electron chi connectivity index (χ3n) is 1.01. The molecule has 0 aliphatic carbocycles. The van der Waals surface area contributed by atoms with Crippen molar-refractivity contribution in [2.45, 2.75) is 18.8 Å². The van der Waals surface area contributed by atoms with Gasteiger partial charge in [-0.3, -0.25) is 0 Å². The second-order valence-corrected chi connectivity index (χ2v) is 1.78. The predicted octanol–water partition coefficient (Wildman–Crippen LogP) is -0.948. The summed E-state index contributed by atoms with van der Waals surface area (Å²) in [6.07, 6.45) is -0.0185. The average Bonchev–Trinajstić information content (AvgIpc) is 1.87. The Morgan fingerprint density at radius 1 is 1.71 bits per heavy atom. The highest BCUT2D eigenvalue weighted by atomic mass is 16.6. The van der Waals surface area contributed by atoms with E-state index in [4.69, 9.17) is 15.6 Å². The molecule has 42 valence electrons. The van der Waals surface area contributed by atoms with Crippen LogP contribution in [0.1, 0.15) is 6.42 Å². The topological polar surface area (TPSA) is 55.5 Å². The van der Waals surface area contributed by atoms with Gasteiger partial charge in [0.2, 0.25) is 0 Å². The third-order valence-corrected chi connectivity index (χ3v) is 1.01. The lowest BCUT2D eigenvalue weighted by molar-refractivity contribution is -0.0589. The van der Waals surface area contributed by atoms with E-state index in [1.807, 2.05) is 0 Å². The van der Waals surface area contributed by atoms with Crippen LogP contribution in [0.15, 0.2) is 0 Å². The van der Waals surface area contributed by atoms with Gasteiger partial charge in [0.15, 0.2) is 6.29 Å². The molecule has 3 heteroatoms. The zero-order valence-corrected chi connectivity index (χ0v) is 4.00. The normalized spacial score (nSPS) is 42.0. The van der Waals surface area contributed by atoms with Crippen molar-refractivity contribution >= 4 is 0 Å². The molecule has 1 aliphatic rings. The smallest absolute Gasteiger partial charge is 0.156 e. The number of aliphatic hydroxyl groups is 1. The van der Waals surface area contributed by atoms with Gasteiger partial charge in [0.05, 0.1) is 6.61 Å². The molecule has 7 heavy (non-hydrogen) atoms. The SMILES string of the molecule is N[C@@H]1CO[C@@H](O)C1. The Balaban J connectivity index is 2.26. The fourth-order valence-corrected chi connectivity index (χ4v) is 0.630. The molecule has 1 rings (SSSR count). The fraction of sp³-hybridized carbons (Fsp3) is 1.00. The maximum absolute atomic E-state index is 8.60. The molecule has 0 aromatic heterocycles. The number of hydrogen-bond donors (Lipinski definition) is 2. The van der Waals surface area contributed by atoms with E-state index >= 15 is 0 Å². The minimum absolute atomic E-state index is 0.0509. The molecular formula is C4H9NO2. The first-order chi connectivity index (χ1) is 3.29. The van der Waals surface area contributed by atoms with E-state index in [1.54, 1.807) is 0 Å². The van der Waals surface area contributed by atoms with Gasteiger partial charge >= 0.3 is 0 Å². The maximum atomic E-state index is 8.60. The quantitative estimate of drug-likeness (QED) is 0.415. The number of hydrogen-bond acceptors (Lipinski definition) is 3. The Morgan fingerprint density at radius 2 is 2.43 bits per heavy atom. The van der Waals surface area contributed by atoms with Crippen molar-refractivity contribution in [3.8, 4) is 0 Å². The Bertz CT molecular complexity index is 58.7. The number of nitrogens with two attached hydrogens (primary N) is 1. The summed E-state index contributed by atoms with van der Waals surface area (Å²) in [7, 11) is 0. The summed E-state index contributed by atoms with van der Waals surface area (Å²) in [4.78, 5) is 0. The standard InChI is InChI=1S/C4H9NO2/c5-3-1-4(6)7-2-3/h3-4,6H,1-2,5H2/t3-,4+/m0/s1. The number of rotatable bonds is 0. The Morgan fingerprint density at radius 3 is 2.57 bits per heavy atom. The zero-order valence-electron chi connectivity index (χ0n) is 4.00. The van der Waals surface area contributed by atoms with E-state index in [2.05, 4.69) is 0 Å². The van der Waals surface area contributed by atoms with Gasteiger partial charge in [0.1, 0.15) is 0 Å². The highest BCUT2D eigenvalue weighted by Gasteiger charge is 2.18. The highest BCUT2D eigenvalue weighted by molar-refractivity contribution is 4.67. The van der Waals surface area contributed by atoms with Crippen molar-refractivity contribution in [2.24, 2.45) is 5.73 Å². The van der Waals surface area contributed by atoms with Crippen molar-refractivity contribution < 1.29 is 9.84 Å². The van der Waals surface area contributed by atoms with Gasteiger partial charge in [-0.15, -0.1) is 0 Å². The van der Waals surface area contributed by atoms with E-state index in [9.17, 15) is 0 Å². The monoisotopic (exact) mass is 103 g/mol. The fourth-order valence-electron chi connectivity index (χ4n) is 0.630. The minimum Gasteiger partial charge on any atom is -0.368 e. The molecule has 1 fully saturated rings. The summed E-state index contributed by atoms with van der Waals surface area (Å²) in [5, 5.41) is 8.60. The van der Waals surface area contributed by atoms with Crippen LogP contribution in [0.2, 0.25) is 0 Å². The molecule has 2 atom stereocenters. The predicted molar refractivity (Wildman–Crippen MR) is 24.6 cm³/mol. The van der Waals surface area contributed by atoms with Crippen molar-refractivity contribution in [3.63, 3.8) is 0 Å². The molecule has 0 unspecified atom stereocenters. The van der Waals surface area contributed by atoms with Crippen LogP contribution in [-0.4, -0.2) is 24.0 Å². The summed E-state index contributed by atoms with van der Waals surface area (Å²) in [5.41, 5.74) is 5.34. The summed E-state index contributed by atoms with van der Waals surface area (Å²) < 4.78 is 4.70. The molecule has 3 nitrogen and oxygen atoms in total. The second kappa shape index (κ2) is 1.78. The van der Waals surface area contributed by atoms with Crippen molar-refractivity contribution in [2.75, 3.05) is 6.61 Å². The third kappa shape index (κ3) is 1.12. The van der Waals surface area contributed by atoms with E-state index in [1.165, 1.54) is 0 Å². The summed E-state index contributed by atoms with van der Waals surface area (Å²) >= 11 is 0. The van der Waals surface area contributed by atoms with Crippen LogP contribution in [0.5, 0.6) is 0 Å². The van der Waals surface area contributed by atoms with Crippen molar-refractivity contribution in [3.05, 3.63) is 0 Å². The molecule has 3 N–H and O–H groups in total. The molecule has 1 saturated heterocycles. The van der Waals surface area contributed by atoms with Gasteiger partial charge in [-0.05, 0) is 0 Å². The van der Waals surface area contributed by atoms with Gasteiger partial charge in [0.25, 0.3) is 0 Å². The molecule has 0 aromatic rings. The molecule has 1 heterocycles. The van der Waals surface area contributed by atoms with Gasteiger partial charge in [0, 0.05) is 12.5 Å². The van der Waals surface area contributed by atoms with E-state index in [0.717, 1.165) is 0 Å². The zero-order chi connectivity index (χ0) is 5.28. The first kappa shape index (κ1) is 5.03. The summed E-state index contributed by atoms with van der Waals surface area (Å²) in [6, 6.07) is 0.0509. The second-order valence-electron chi connectivity index (χ2n) is 1.78. The van der Waals surface area contributed by atoms with Gasteiger partial charge < -0.3 is 15.6 Å². The van der Waals surface area contributed by atoms with Crippen LogP contribution in [0.25, 0.3) is 0 Å². The molecule has 0 radical (unpaired) electrons. The summed E-state index contributed by atoms with van der Waals surface area (Å²) in [5.74, 6) is 0. The van der Waals surface area contributed by atoms with E-state index < -0.39 is 6.29 Å². The average molecular weight is 103 g/mol. The van der Waals surface area contributed by atoms with Gasteiger partial charge in [-0.25, -0.2) is 0 Å². The molecule has 0 bridgehead atoms. The van der Waals surface area contributed by atoms with Gasteiger partial charge in [-0.1, -0.05) is 0 Å². The van der Waals surface area contributed by atoms with Crippen LogP contribution in [0.3, 0.4) is 0 Å². The Labute approximate surface area is 42.1 Å². The first-order valence-electron chi connectivity index (χ1n) is 2.34. The molecule has 1 aliphatic heterocycles. The Kier molecular flexibility index (Phi) is 1.27. The summed E-state index contributed by atoms with van der Waals surface area (Å²) in [6.45, 7) is 0.501. The van der Waals surface area contributed by atoms with Crippen LogP contribution in [-0.2, 0) is 4.74 Å². The lowest BCUT2D eigenvalue weighted by Gasteiger charge is -1.94. The largest absolute Gasteiger partial charge is 0.368 e. The first-order valence-corrected chi connectivity index (χ1v) is 2.34. The van der Waals surface area contributed by atoms with Crippen LogP contribution in [0, 0.1) is 0 Å². The van der Waals surface area contributed by atoms with Crippen LogP contribution < -0.4 is 5.73 Å². The van der Waals surface area contributed by atoms with Crippen LogP contribution in [0.4, 0.5) is 0 Å². The van der Waals surface area contributed by atoms with Crippen molar-refractivity contribution in [1.82, 2.24) is 0 Å². The lowest BCUT2D eigenvalue weighted by Crippen LogP contribution is -2.19. The van der Waals surface area contributed by atoms with E-state index in [0.29, 0.717) is 13.0 Å². The maximum Gasteiger partial charge on any atom is 0.156 e. The van der Waals surface area contributed by atoms with Gasteiger partial charge in [-0.2, -0.15) is 0 Å². The molecule has 0 saturated carbocycles. The minimum atomic E-state index is -0.602. The van der Waals surface area contributed by atoms with E-state index in [-0.39, 0.29) is 6.04 Å². The lowest BCUT2D eigenvalue weighted by atomic mass is 10.3. The highest BCUT2D eigenvalue weighted by Crippen LogP contribution is 2.06. The van der Waals surface area contributed by atoms with Crippen molar-refractivity contribution in [1.29, 1.82) is 0 Å². The Hall–Kier alpha value is -0.120. The molecular weight excluding hydrogens is 94.0 g/mol. The molecule has 0 spiro atoms.